The fourth-order valence-corrected chi connectivity index (χ4v) is 2.19. The van der Waals surface area contributed by atoms with Gasteiger partial charge in [0.2, 0.25) is 0 Å². The molecule has 8 heteroatoms. The van der Waals surface area contributed by atoms with Gasteiger partial charge in [0.1, 0.15) is 18.0 Å². The Morgan fingerprint density at radius 1 is 1.38 bits per heavy atom. The van der Waals surface area contributed by atoms with Crippen molar-refractivity contribution < 1.29 is 9.26 Å². The Morgan fingerprint density at radius 3 is 2.95 bits per heavy atom. The van der Waals surface area contributed by atoms with E-state index < -0.39 is 0 Å². The maximum Gasteiger partial charge on any atom is 0.255 e. The molecule has 1 aliphatic heterocycles. The van der Waals surface area contributed by atoms with E-state index in [1.807, 2.05) is 6.07 Å². The van der Waals surface area contributed by atoms with Crippen molar-refractivity contribution in [1.82, 2.24) is 20.3 Å². The monoisotopic (exact) mass is 286 g/mol. The highest BCUT2D eigenvalue weighted by molar-refractivity contribution is 5.35. The first-order valence-electron chi connectivity index (χ1n) is 6.68. The lowest BCUT2D eigenvalue weighted by Crippen LogP contribution is -2.19. The Hall–Kier alpha value is -2.53. The van der Waals surface area contributed by atoms with Gasteiger partial charge in [0, 0.05) is 6.54 Å². The first-order chi connectivity index (χ1) is 10.2. The number of hydrogen-bond donors (Lipinski definition) is 1. The highest BCUT2D eigenvalue weighted by Gasteiger charge is 2.30. The average molecular weight is 286 g/mol. The third kappa shape index (κ3) is 3.14. The highest BCUT2D eigenvalue weighted by Crippen LogP contribution is 2.31. The van der Waals surface area contributed by atoms with Crippen LogP contribution in [0.5, 0.6) is 0 Å². The third-order valence-electron chi connectivity index (χ3n) is 3.22. The zero-order chi connectivity index (χ0) is 14.7. The van der Waals surface area contributed by atoms with Crippen molar-refractivity contribution in [1.29, 1.82) is 5.26 Å². The minimum absolute atomic E-state index is 0.0552. The lowest BCUT2D eigenvalue weighted by molar-refractivity contribution is 0.0326. The van der Waals surface area contributed by atoms with Crippen molar-refractivity contribution in [2.45, 2.75) is 32.0 Å². The Balaban J connectivity index is 1.51. The van der Waals surface area contributed by atoms with Crippen LogP contribution in [-0.2, 0) is 4.74 Å². The number of nitrogens with one attached hydrogen (secondary N) is 1. The summed E-state index contributed by atoms with van der Waals surface area (Å²) in [4.78, 5) is 4.19. The van der Waals surface area contributed by atoms with E-state index in [0.717, 1.165) is 12.8 Å². The molecular formula is C13H14N6O2. The molecule has 2 atom stereocenters. The Labute approximate surface area is 121 Å². The second-order valence-corrected chi connectivity index (χ2v) is 4.80. The number of aromatic nitrogens is 4. The summed E-state index contributed by atoms with van der Waals surface area (Å²) in [5.74, 6) is 1.77. The number of nitrogens with zero attached hydrogens (tertiary/aromatic N) is 5. The van der Waals surface area contributed by atoms with Crippen molar-refractivity contribution in [3.63, 3.8) is 0 Å². The van der Waals surface area contributed by atoms with E-state index in [9.17, 15) is 0 Å². The first-order valence-corrected chi connectivity index (χ1v) is 6.68. The molecule has 2 aromatic rings. The van der Waals surface area contributed by atoms with E-state index in [-0.39, 0.29) is 12.2 Å². The van der Waals surface area contributed by atoms with Crippen LogP contribution in [0.2, 0.25) is 0 Å². The lowest BCUT2D eigenvalue weighted by Gasteiger charge is -2.12. The molecule has 3 heterocycles. The van der Waals surface area contributed by atoms with Crippen LogP contribution in [0.4, 0.5) is 5.82 Å². The molecule has 0 amide bonds. The van der Waals surface area contributed by atoms with Gasteiger partial charge in [-0.05, 0) is 31.9 Å². The molecule has 0 unspecified atom stereocenters. The van der Waals surface area contributed by atoms with Gasteiger partial charge in [-0.2, -0.15) is 10.2 Å². The topological polar surface area (TPSA) is 110 Å². The molecule has 1 aliphatic rings. The number of anilines is 1. The second kappa shape index (κ2) is 5.85. The molecule has 1 fully saturated rings. The Kier molecular flexibility index (Phi) is 3.75. The van der Waals surface area contributed by atoms with Crippen LogP contribution >= 0.6 is 0 Å². The molecule has 3 rings (SSSR count). The normalized spacial score (nSPS) is 21.1. The van der Waals surface area contributed by atoms with E-state index in [0.29, 0.717) is 29.8 Å². The van der Waals surface area contributed by atoms with E-state index in [1.54, 1.807) is 19.1 Å². The molecular weight excluding hydrogens is 272 g/mol. The maximum absolute atomic E-state index is 8.66. The Morgan fingerprint density at radius 2 is 2.29 bits per heavy atom. The molecule has 1 N–H and O–H groups in total. The predicted octanol–water partition coefficient (Wildman–Crippen LogP) is 1.37. The van der Waals surface area contributed by atoms with Gasteiger partial charge in [-0.1, -0.05) is 5.16 Å². The number of ether oxygens (including phenoxy) is 1. The van der Waals surface area contributed by atoms with Gasteiger partial charge in [-0.3, -0.25) is 0 Å². The first kappa shape index (κ1) is 13.5. The molecule has 0 bridgehead atoms. The molecule has 21 heavy (non-hydrogen) atoms. The standard InChI is InChI=1S/C13H14N6O2/c1-8-16-13(21-19-8)11-4-3-10(20-11)7-15-12-5-2-9(6-14)17-18-12/h2,5,10-11H,3-4,7H2,1H3,(H,15,18)/t10-,11+/m1/s1. The Bertz CT molecular complexity index is 647. The van der Waals surface area contributed by atoms with Gasteiger partial charge < -0.3 is 14.6 Å². The van der Waals surface area contributed by atoms with Crippen LogP contribution < -0.4 is 5.32 Å². The van der Waals surface area contributed by atoms with Crippen LogP contribution in [0.15, 0.2) is 16.7 Å². The predicted molar refractivity (Wildman–Crippen MR) is 71.1 cm³/mol. The van der Waals surface area contributed by atoms with Crippen molar-refractivity contribution in [2.24, 2.45) is 0 Å². The molecule has 1 saturated heterocycles. The summed E-state index contributed by atoms with van der Waals surface area (Å²) in [6, 6.07) is 5.27. The summed E-state index contributed by atoms with van der Waals surface area (Å²) < 4.78 is 11.0. The summed E-state index contributed by atoms with van der Waals surface area (Å²) in [5.41, 5.74) is 0.296. The second-order valence-electron chi connectivity index (χ2n) is 4.80. The SMILES string of the molecule is Cc1noc([C@@H]2CC[C@H](CNc3ccc(C#N)nn3)O2)n1. The minimum Gasteiger partial charge on any atom is -0.366 e. The third-order valence-corrected chi connectivity index (χ3v) is 3.22. The zero-order valence-electron chi connectivity index (χ0n) is 11.5. The van der Waals surface area contributed by atoms with Gasteiger partial charge in [0.25, 0.3) is 5.89 Å². The fourth-order valence-electron chi connectivity index (χ4n) is 2.19. The van der Waals surface area contributed by atoms with Gasteiger partial charge in [0.05, 0.1) is 6.10 Å². The molecule has 0 aromatic carbocycles. The quantitative estimate of drug-likeness (QED) is 0.897. The van der Waals surface area contributed by atoms with Gasteiger partial charge in [-0.25, -0.2) is 0 Å². The summed E-state index contributed by atoms with van der Waals surface area (Å²) in [5, 5.41) is 23.2. The van der Waals surface area contributed by atoms with E-state index >= 15 is 0 Å². The van der Waals surface area contributed by atoms with Crippen molar-refractivity contribution in [2.75, 3.05) is 11.9 Å². The number of aryl methyl sites for hydroxylation is 1. The summed E-state index contributed by atoms with van der Waals surface area (Å²) in [6.07, 6.45) is 1.68. The average Bonchev–Trinajstić information content (AvgIpc) is 3.14. The molecule has 0 spiro atoms. The van der Waals surface area contributed by atoms with Crippen LogP contribution in [0, 0.1) is 18.3 Å². The molecule has 108 valence electrons. The highest BCUT2D eigenvalue weighted by atomic mass is 16.5. The number of nitriles is 1. The van der Waals surface area contributed by atoms with Crippen molar-refractivity contribution in [3.05, 3.63) is 29.5 Å². The van der Waals surface area contributed by atoms with Gasteiger partial charge >= 0.3 is 0 Å². The molecule has 8 nitrogen and oxygen atoms in total. The number of rotatable bonds is 4. The largest absolute Gasteiger partial charge is 0.366 e. The molecule has 0 aliphatic carbocycles. The maximum atomic E-state index is 8.66. The fraction of sp³-hybridized carbons (Fsp3) is 0.462. The zero-order valence-corrected chi connectivity index (χ0v) is 11.5. The van der Waals surface area contributed by atoms with E-state index in [2.05, 4.69) is 25.7 Å². The van der Waals surface area contributed by atoms with Crippen molar-refractivity contribution in [3.8, 4) is 6.07 Å². The van der Waals surface area contributed by atoms with Crippen molar-refractivity contribution >= 4 is 5.82 Å². The van der Waals surface area contributed by atoms with E-state index in [1.165, 1.54) is 0 Å². The molecule has 2 aromatic heterocycles. The van der Waals surface area contributed by atoms with Crippen LogP contribution in [-0.4, -0.2) is 33.0 Å². The minimum atomic E-state index is -0.134. The number of hydrogen-bond acceptors (Lipinski definition) is 8. The van der Waals surface area contributed by atoms with Gasteiger partial charge in [-0.15, -0.1) is 10.2 Å². The van der Waals surface area contributed by atoms with Gasteiger partial charge in [0.15, 0.2) is 11.5 Å². The lowest BCUT2D eigenvalue weighted by atomic mass is 10.2. The van der Waals surface area contributed by atoms with Crippen LogP contribution in [0.3, 0.4) is 0 Å². The van der Waals surface area contributed by atoms with E-state index in [4.69, 9.17) is 14.5 Å². The molecule has 0 saturated carbocycles. The molecule has 0 radical (unpaired) electrons. The summed E-state index contributed by atoms with van der Waals surface area (Å²) in [7, 11) is 0. The summed E-state index contributed by atoms with van der Waals surface area (Å²) in [6.45, 7) is 2.40. The van der Waals surface area contributed by atoms with Crippen LogP contribution in [0.25, 0.3) is 0 Å². The van der Waals surface area contributed by atoms with Crippen LogP contribution in [0.1, 0.15) is 36.4 Å². The smallest absolute Gasteiger partial charge is 0.255 e. The summed E-state index contributed by atoms with van der Waals surface area (Å²) >= 11 is 0.